The van der Waals surface area contributed by atoms with Gasteiger partial charge in [-0.1, -0.05) is 12.1 Å². The van der Waals surface area contributed by atoms with E-state index in [1.807, 2.05) is 6.92 Å². The number of para-hydroxylation sites is 1. The van der Waals surface area contributed by atoms with Gasteiger partial charge in [-0.05, 0) is 32.0 Å². The Labute approximate surface area is 141 Å². The zero-order valence-electron chi connectivity index (χ0n) is 13.5. The highest BCUT2D eigenvalue weighted by atomic mass is 16.2. The van der Waals surface area contributed by atoms with Gasteiger partial charge >= 0.3 is 5.91 Å². The van der Waals surface area contributed by atoms with E-state index in [9.17, 15) is 9.59 Å². The molecule has 0 saturated heterocycles. The SMILES string of the molecule is Cc1nc2ccccc2c(=O)n1NC(=O)c1nc2nccc(C)n2n1. The maximum Gasteiger partial charge on any atom is 0.309 e. The Morgan fingerprint density at radius 2 is 1.92 bits per heavy atom. The molecule has 9 nitrogen and oxygen atoms in total. The van der Waals surface area contributed by atoms with Crippen LogP contribution in [0.25, 0.3) is 16.7 Å². The lowest BCUT2D eigenvalue weighted by Crippen LogP contribution is -2.36. The molecule has 124 valence electrons. The van der Waals surface area contributed by atoms with Crippen LogP contribution in [-0.4, -0.2) is 35.1 Å². The largest absolute Gasteiger partial charge is 0.309 e. The third-order valence-electron chi connectivity index (χ3n) is 3.79. The molecule has 1 N–H and O–H groups in total. The van der Waals surface area contributed by atoms with E-state index >= 15 is 0 Å². The molecular formula is C16H13N7O2. The number of carbonyl (C=O) groups is 1. The summed E-state index contributed by atoms with van der Waals surface area (Å²) < 4.78 is 2.56. The fourth-order valence-electron chi connectivity index (χ4n) is 2.53. The van der Waals surface area contributed by atoms with Crippen LogP contribution in [0.3, 0.4) is 0 Å². The Hall–Kier alpha value is -3.62. The molecule has 0 fully saturated rings. The molecule has 4 aromatic rings. The molecule has 0 radical (unpaired) electrons. The van der Waals surface area contributed by atoms with Gasteiger partial charge in [0.15, 0.2) is 0 Å². The number of rotatable bonds is 2. The Bertz CT molecular complexity index is 1190. The molecule has 4 rings (SSSR count). The maximum absolute atomic E-state index is 12.6. The lowest BCUT2D eigenvalue weighted by molar-refractivity contribution is 0.0996. The summed E-state index contributed by atoms with van der Waals surface area (Å²) in [5, 5.41) is 4.54. The van der Waals surface area contributed by atoms with Gasteiger partial charge in [0.05, 0.1) is 10.9 Å². The number of hydrogen-bond donors (Lipinski definition) is 1. The number of aryl methyl sites for hydroxylation is 2. The van der Waals surface area contributed by atoms with Crippen LogP contribution in [0.2, 0.25) is 0 Å². The molecule has 3 heterocycles. The topological polar surface area (TPSA) is 107 Å². The number of aromatic nitrogens is 6. The third-order valence-corrected chi connectivity index (χ3v) is 3.79. The van der Waals surface area contributed by atoms with Crippen molar-refractivity contribution in [1.29, 1.82) is 0 Å². The minimum absolute atomic E-state index is 0.0822. The third kappa shape index (κ3) is 2.42. The number of carbonyl (C=O) groups excluding carboxylic acids is 1. The number of benzene rings is 1. The fourth-order valence-corrected chi connectivity index (χ4v) is 2.53. The molecule has 0 bridgehead atoms. The Balaban J connectivity index is 1.76. The molecule has 0 aliphatic carbocycles. The van der Waals surface area contributed by atoms with Crippen molar-refractivity contribution in [2.24, 2.45) is 0 Å². The average molecular weight is 335 g/mol. The van der Waals surface area contributed by atoms with Crippen molar-refractivity contribution in [3.63, 3.8) is 0 Å². The van der Waals surface area contributed by atoms with E-state index in [4.69, 9.17) is 0 Å². The number of nitrogens with zero attached hydrogens (tertiary/aromatic N) is 6. The van der Waals surface area contributed by atoms with Crippen molar-refractivity contribution in [2.45, 2.75) is 13.8 Å². The Morgan fingerprint density at radius 3 is 2.72 bits per heavy atom. The zero-order valence-corrected chi connectivity index (χ0v) is 13.5. The second-order valence-corrected chi connectivity index (χ2v) is 5.49. The minimum atomic E-state index is -0.618. The van der Waals surface area contributed by atoms with Crippen molar-refractivity contribution in [3.8, 4) is 0 Å². The van der Waals surface area contributed by atoms with Gasteiger partial charge in [-0.2, -0.15) is 4.98 Å². The molecule has 0 aliphatic heterocycles. The fraction of sp³-hybridized carbons (Fsp3) is 0.125. The molecule has 3 aromatic heterocycles. The average Bonchev–Trinajstić information content (AvgIpc) is 3.04. The molecular weight excluding hydrogens is 322 g/mol. The molecule has 0 aliphatic rings. The van der Waals surface area contributed by atoms with Crippen LogP contribution in [0.5, 0.6) is 0 Å². The van der Waals surface area contributed by atoms with Gasteiger partial charge < -0.3 is 0 Å². The first-order valence-corrected chi connectivity index (χ1v) is 7.53. The highest BCUT2D eigenvalue weighted by molar-refractivity contribution is 5.97. The number of hydrogen-bond acceptors (Lipinski definition) is 6. The monoisotopic (exact) mass is 335 g/mol. The van der Waals surface area contributed by atoms with E-state index in [1.165, 1.54) is 4.52 Å². The molecule has 9 heteroatoms. The second-order valence-electron chi connectivity index (χ2n) is 5.49. The van der Waals surface area contributed by atoms with Crippen LogP contribution in [0.4, 0.5) is 0 Å². The first-order chi connectivity index (χ1) is 12.0. The summed E-state index contributed by atoms with van der Waals surface area (Å²) in [7, 11) is 0. The van der Waals surface area contributed by atoms with Gasteiger partial charge in [-0.3, -0.25) is 15.0 Å². The number of fused-ring (bicyclic) bond motifs is 2. The highest BCUT2D eigenvalue weighted by Gasteiger charge is 2.17. The van der Waals surface area contributed by atoms with Crippen molar-refractivity contribution in [1.82, 2.24) is 29.2 Å². The molecule has 25 heavy (non-hydrogen) atoms. The van der Waals surface area contributed by atoms with E-state index in [0.29, 0.717) is 22.5 Å². The minimum Gasteiger partial charge on any atom is -0.267 e. The molecule has 1 aromatic carbocycles. The second kappa shape index (κ2) is 5.48. The summed E-state index contributed by atoms with van der Waals surface area (Å²) in [5.74, 6) is -0.0329. The predicted octanol–water partition coefficient (Wildman–Crippen LogP) is 0.835. The summed E-state index contributed by atoms with van der Waals surface area (Å²) in [4.78, 5) is 37.5. The van der Waals surface area contributed by atoms with Crippen LogP contribution < -0.4 is 11.0 Å². The predicted molar refractivity (Wildman–Crippen MR) is 90.0 cm³/mol. The standard InChI is InChI=1S/C16H13N7O2/c1-9-7-8-17-16-19-13(20-22(9)16)14(24)21-23-10(2)18-12-6-4-3-5-11(12)15(23)25/h3-8H,1-2H3,(H,21,24). The summed E-state index contributed by atoms with van der Waals surface area (Å²) in [6, 6.07) is 8.69. The summed E-state index contributed by atoms with van der Waals surface area (Å²) in [6.07, 6.45) is 1.59. The van der Waals surface area contributed by atoms with Crippen LogP contribution in [0.15, 0.2) is 41.3 Å². The van der Waals surface area contributed by atoms with Gasteiger partial charge in [-0.25, -0.2) is 19.2 Å². The van der Waals surface area contributed by atoms with Crippen LogP contribution in [-0.2, 0) is 0 Å². The molecule has 0 unspecified atom stereocenters. The van der Waals surface area contributed by atoms with Gasteiger partial charge in [0.1, 0.15) is 5.82 Å². The van der Waals surface area contributed by atoms with E-state index in [0.717, 1.165) is 10.4 Å². The molecule has 1 amide bonds. The first kappa shape index (κ1) is 14.9. The van der Waals surface area contributed by atoms with Crippen molar-refractivity contribution < 1.29 is 4.79 Å². The lowest BCUT2D eigenvalue weighted by Gasteiger charge is -2.10. The van der Waals surface area contributed by atoms with Crippen LogP contribution in [0, 0.1) is 13.8 Å². The van der Waals surface area contributed by atoms with Gasteiger partial charge in [0, 0.05) is 11.9 Å². The Kier molecular flexibility index (Phi) is 3.27. The highest BCUT2D eigenvalue weighted by Crippen LogP contribution is 2.07. The Morgan fingerprint density at radius 1 is 1.12 bits per heavy atom. The van der Waals surface area contributed by atoms with E-state index in [1.54, 1.807) is 43.5 Å². The van der Waals surface area contributed by atoms with Gasteiger partial charge in [0.2, 0.25) is 5.82 Å². The number of amides is 1. The quantitative estimate of drug-likeness (QED) is 0.581. The summed E-state index contributed by atoms with van der Waals surface area (Å²) in [6.45, 7) is 3.46. The van der Waals surface area contributed by atoms with Gasteiger partial charge in [-0.15, -0.1) is 5.10 Å². The van der Waals surface area contributed by atoms with Crippen molar-refractivity contribution >= 4 is 22.6 Å². The van der Waals surface area contributed by atoms with Crippen LogP contribution >= 0.6 is 0 Å². The van der Waals surface area contributed by atoms with Gasteiger partial charge in [0.25, 0.3) is 11.3 Å². The lowest BCUT2D eigenvalue weighted by atomic mass is 10.2. The molecule has 0 atom stereocenters. The smallest absolute Gasteiger partial charge is 0.267 e. The number of nitrogens with one attached hydrogen (secondary N) is 1. The van der Waals surface area contributed by atoms with Crippen molar-refractivity contribution in [2.75, 3.05) is 5.43 Å². The van der Waals surface area contributed by atoms with E-state index in [-0.39, 0.29) is 11.4 Å². The summed E-state index contributed by atoms with van der Waals surface area (Å²) >= 11 is 0. The van der Waals surface area contributed by atoms with E-state index in [2.05, 4.69) is 25.5 Å². The normalized spacial score (nSPS) is 11.1. The maximum atomic E-state index is 12.6. The first-order valence-electron chi connectivity index (χ1n) is 7.53. The molecule has 0 saturated carbocycles. The van der Waals surface area contributed by atoms with E-state index < -0.39 is 5.91 Å². The van der Waals surface area contributed by atoms with Crippen molar-refractivity contribution in [3.05, 3.63) is 64.2 Å². The molecule has 0 spiro atoms. The zero-order chi connectivity index (χ0) is 17.6. The summed E-state index contributed by atoms with van der Waals surface area (Å²) in [5.41, 5.74) is 3.50. The van der Waals surface area contributed by atoms with Crippen LogP contribution in [0.1, 0.15) is 22.1 Å².